The minimum Gasteiger partial charge on any atom is -0.357 e. The van der Waals surface area contributed by atoms with E-state index in [1.807, 2.05) is 30.3 Å². The zero-order valence-corrected chi connectivity index (χ0v) is 20.5. The summed E-state index contributed by atoms with van der Waals surface area (Å²) in [6, 6.07) is 9.22. The number of para-hydroxylation sites is 1. The Hall–Kier alpha value is -5.21. The number of hydrogen-bond donors (Lipinski definition) is 1. The van der Waals surface area contributed by atoms with Gasteiger partial charge >= 0.3 is 6.29 Å². The molecular weight excluding hydrogens is 507 g/mol. The Kier molecular flexibility index (Phi) is 5.11. The molecule has 7 rings (SSSR count). The van der Waals surface area contributed by atoms with E-state index in [2.05, 4.69) is 40.7 Å². The number of ketones is 1. The van der Waals surface area contributed by atoms with Crippen LogP contribution in [0.2, 0.25) is 0 Å². The van der Waals surface area contributed by atoms with Gasteiger partial charge < -0.3 is 9.88 Å². The molecule has 0 saturated carbocycles. The lowest BCUT2D eigenvalue weighted by molar-refractivity contribution is -0.568. The van der Waals surface area contributed by atoms with Crippen LogP contribution in [0.25, 0.3) is 16.7 Å². The van der Waals surface area contributed by atoms with Crippen LogP contribution < -0.4 is 0 Å². The summed E-state index contributed by atoms with van der Waals surface area (Å²) in [5.41, 5.74) is 0.960. The summed E-state index contributed by atoms with van der Waals surface area (Å²) in [5, 5.41) is 22.6. The lowest BCUT2D eigenvalue weighted by Crippen LogP contribution is -2.44. The Balaban J connectivity index is 1.13. The molecule has 3 aromatic heterocycles. The molecule has 4 aromatic rings. The first-order chi connectivity index (χ1) is 19.0. The molecule has 3 unspecified atom stereocenters. The van der Waals surface area contributed by atoms with Crippen LogP contribution in [0, 0.1) is 18.7 Å². The second-order valence-corrected chi connectivity index (χ2v) is 9.35. The number of Topliss-reactive ketones (excluding diaryl/α,β-unsaturated/α-hetero) is 1. The number of hydrazone groups is 1. The van der Waals surface area contributed by atoms with Crippen molar-refractivity contribution in [2.75, 3.05) is 13.1 Å². The van der Waals surface area contributed by atoms with Gasteiger partial charge in [-0.2, -0.15) is 10.2 Å². The van der Waals surface area contributed by atoms with E-state index in [9.17, 15) is 14.0 Å². The molecule has 1 saturated heterocycles. The van der Waals surface area contributed by atoms with E-state index < -0.39 is 23.8 Å². The largest absolute Gasteiger partial charge is 0.357 e. The molecule has 3 aliphatic rings. The summed E-state index contributed by atoms with van der Waals surface area (Å²) in [5.74, 6) is -1.62. The number of nitrogens with zero attached hydrogens (tertiary/aromatic N) is 11. The minimum atomic E-state index is -0.822. The van der Waals surface area contributed by atoms with E-state index in [0.717, 1.165) is 11.9 Å². The van der Waals surface area contributed by atoms with Gasteiger partial charge in [0.2, 0.25) is 5.22 Å². The lowest BCUT2D eigenvalue weighted by atomic mass is 10.1. The van der Waals surface area contributed by atoms with Crippen molar-refractivity contribution in [1.29, 1.82) is 0 Å². The molecule has 3 aliphatic heterocycles. The molecule has 0 aliphatic carbocycles. The number of aromatic amines is 1. The van der Waals surface area contributed by atoms with Crippen LogP contribution in [-0.4, -0.2) is 82.7 Å². The molecule has 0 radical (unpaired) electrons. The Morgan fingerprint density at radius 3 is 2.79 bits per heavy atom. The highest BCUT2D eigenvalue weighted by atomic mass is 19.1. The summed E-state index contributed by atoms with van der Waals surface area (Å²) in [7, 11) is 0. The van der Waals surface area contributed by atoms with Gasteiger partial charge in [0.15, 0.2) is 22.5 Å². The van der Waals surface area contributed by atoms with Crippen LogP contribution in [0.15, 0.2) is 69.7 Å². The average molecular weight is 528 g/mol. The molecule has 3 atom stereocenters. The van der Waals surface area contributed by atoms with Crippen molar-refractivity contribution >= 4 is 34.5 Å². The van der Waals surface area contributed by atoms with Crippen molar-refractivity contribution in [1.82, 2.24) is 34.6 Å². The lowest BCUT2D eigenvalue weighted by Gasteiger charge is -2.24. The van der Waals surface area contributed by atoms with Gasteiger partial charge in [0.05, 0.1) is 28.7 Å². The molecule has 1 amide bonds. The molecule has 194 valence electrons. The average Bonchev–Trinajstić information content (AvgIpc) is 3.77. The summed E-state index contributed by atoms with van der Waals surface area (Å²) in [6.45, 7) is 2.23. The topological polar surface area (TPSA) is 152 Å². The number of pyridine rings is 1. The molecular formula is C24H20FN12O2+. The smallest absolute Gasteiger partial charge is 0.350 e. The summed E-state index contributed by atoms with van der Waals surface area (Å²) in [6.07, 6.45) is 4.90. The number of carbonyl (C=O) groups is 2. The number of likely N-dealkylation sites (tertiary alicyclic amines) is 1. The summed E-state index contributed by atoms with van der Waals surface area (Å²) >= 11 is 0. The first kappa shape index (κ1) is 22.9. The van der Waals surface area contributed by atoms with Crippen molar-refractivity contribution in [3.63, 3.8) is 0 Å². The van der Waals surface area contributed by atoms with Gasteiger partial charge in [-0.3, -0.25) is 9.59 Å². The van der Waals surface area contributed by atoms with Gasteiger partial charge in [0.25, 0.3) is 11.7 Å². The highest BCUT2D eigenvalue weighted by Crippen LogP contribution is 2.33. The van der Waals surface area contributed by atoms with E-state index >= 15 is 0 Å². The highest BCUT2D eigenvalue weighted by molar-refractivity contribution is 6.45. The molecule has 6 heterocycles. The fourth-order valence-electron chi connectivity index (χ4n) is 5.18. The fourth-order valence-corrected chi connectivity index (χ4v) is 5.18. The number of nitrogens with one attached hydrogen (secondary N) is 1. The zero-order valence-electron chi connectivity index (χ0n) is 20.5. The molecule has 14 nitrogen and oxygen atoms in total. The van der Waals surface area contributed by atoms with Gasteiger partial charge in [-0.1, -0.05) is 22.9 Å². The SMILES string of the molecule is Cc1ncn(-c2ncc(F)c3c(C(=O)C(=O)N4CC5C=NN(C6N=NN=[N+]6c6ccccc6)C5C4)c[nH]c23)n1. The second kappa shape index (κ2) is 8.68. The first-order valence-electron chi connectivity index (χ1n) is 12.1. The Bertz CT molecular complexity index is 1730. The predicted molar refractivity (Wildman–Crippen MR) is 132 cm³/mol. The Morgan fingerprint density at radius 1 is 1.15 bits per heavy atom. The quantitative estimate of drug-likeness (QED) is 0.239. The maximum atomic E-state index is 14.9. The number of aryl methyl sites for hydroxylation is 1. The molecule has 0 spiro atoms. The Labute approximate surface area is 219 Å². The molecule has 1 fully saturated rings. The number of carbonyl (C=O) groups excluding carboxylic acids is 2. The Morgan fingerprint density at radius 2 is 2.00 bits per heavy atom. The van der Waals surface area contributed by atoms with E-state index in [0.29, 0.717) is 5.82 Å². The number of aromatic nitrogens is 5. The van der Waals surface area contributed by atoms with E-state index in [1.54, 1.807) is 22.8 Å². The maximum absolute atomic E-state index is 14.9. The van der Waals surface area contributed by atoms with Crippen LogP contribution in [0.1, 0.15) is 16.2 Å². The molecule has 0 bridgehead atoms. The third-order valence-corrected chi connectivity index (χ3v) is 7.02. The second-order valence-electron chi connectivity index (χ2n) is 9.35. The van der Waals surface area contributed by atoms with Gasteiger partial charge in [-0.05, 0) is 19.1 Å². The van der Waals surface area contributed by atoms with Crippen molar-refractivity contribution in [2.24, 2.45) is 26.6 Å². The number of H-pyrrole nitrogens is 1. The number of halogens is 1. The maximum Gasteiger partial charge on any atom is 0.350 e. The van der Waals surface area contributed by atoms with Crippen molar-refractivity contribution in [3.05, 3.63) is 66.3 Å². The standard InChI is InChI=1S/C24H19FN12O2/c1-13-28-12-35(31-13)22-20-19(17(25)9-27-22)16(8-26-20)21(38)23(39)34-10-14-7-29-37(18(14)11-34)24-30-32-33-36(24)15-5-3-2-4-6-15/h2-9,12,14,18,24H,10-11H2,1H3/p+1. The van der Waals surface area contributed by atoms with Crippen molar-refractivity contribution < 1.29 is 18.7 Å². The summed E-state index contributed by atoms with van der Waals surface area (Å²) in [4.78, 5) is 39.2. The number of amides is 1. The van der Waals surface area contributed by atoms with Gasteiger partial charge in [-0.15, -0.1) is 0 Å². The minimum absolute atomic E-state index is 0.0273. The highest BCUT2D eigenvalue weighted by Gasteiger charge is 2.49. The summed E-state index contributed by atoms with van der Waals surface area (Å²) < 4.78 is 17.9. The molecule has 15 heteroatoms. The van der Waals surface area contributed by atoms with E-state index in [-0.39, 0.29) is 47.3 Å². The molecule has 1 N–H and O–H groups in total. The monoisotopic (exact) mass is 527 g/mol. The van der Waals surface area contributed by atoms with Gasteiger partial charge in [0.1, 0.15) is 12.2 Å². The fraction of sp³-hybridized carbons (Fsp3) is 0.250. The van der Waals surface area contributed by atoms with Crippen LogP contribution in [-0.2, 0) is 4.79 Å². The van der Waals surface area contributed by atoms with Crippen LogP contribution in [0.4, 0.5) is 10.1 Å². The number of benzene rings is 1. The first-order valence-corrected chi connectivity index (χ1v) is 12.1. The normalized spacial score (nSPS) is 21.7. The van der Waals surface area contributed by atoms with Gasteiger partial charge in [0, 0.05) is 36.5 Å². The van der Waals surface area contributed by atoms with Crippen LogP contribution in [0.3, 0.4) is 0 Å². The van der Waals surface area contributed by atoms with Crippen LogP contribution >= 0.6 is 0 Å². The third kappa shape index (κ3) is 3.61. The molecule has 39 heavy (non-hydrogen) atoms. The predicted octanol–water partition coefficient (Wildman–Crippen LogP) is 2.36. The van der Waals surface area contributed by atoms with E-state index in [1.165, 1.54) is 22.1 Å². The number of rotatable bonds is 5. The third-order valence-electron chi connectivity index (χ3n) is 7.02. The van der Waals surface area contributed by atoms with Crippen molar-refractivity contribution in [3.8, 4) is 5.82 Å². The zero-order chi connectivity index (χ0) is 26.7. The van der Waals surface area contributed by atoms with E-state index in [4.69, 9.17) is 0 Å². The molecule has 1 aromatic carbocycles. The van der Waals surface area contributed by atoms with Crippen LogP contribution in [0.5, 0.6) is 0 Å². The number of hydrogen-bond acceptors (Lipinski definition) is 10. The number of fused-ring (bicyclic) bond motifs is 2. The van der Waals surface area contributed by atoms with Gasteiger partial charge in [-0.25, -0.2) is 24.0 Å². The van der Waals surface area contributed by atoms with Crippen molar-refractivity contribution in [2.45, 2.75) is 19.3 Å².